The van der Waals surface area contributed by atoms with Crippen molar-refractivity contribution in [2.45, 2.75) is 19.3 Å². The van der Waals surface area contributed by atoms with Gasteiger partial charge in [-0.15, -0.1) is 0 Å². The molecule has 1 aliphatic carbocycles. The smallest absolute Gasteiger partial charge is 0.306 e. The first-order chi connectivity index (χ1) is 8.58. The minimum Gasteiger partial charge on any atom is -0.481 e. The molecule has 0 unspecified atom stereocenters. The maximum absolute atomic E-state index is 12.0. The second-order valence-corrected chi connectivity index (χ2v) is 4.62. The van der Waals surface area contributed by atoms with Crippen molar-refractivity contribution in [2.75, 3.05) is 11.1 Å². The summed E-state index contributed by atoms with van der Waals surface area (Å²) in [5, 5.41) is 11.6. The van der Waals surface area contributed by atoms with Crippen LogP contribution in [0.4, 0.5) is 11.4 Å². The van der Waals surface area contributed by atoms with E-state index < -0.39 is 11.9 Å². The lowest BCUT2D eigenvalue weighted by atomic mass is 10.0. The number of benzene rings is 1. The molecule has 1 fully saturated rings. The second kappa shape index (κ2) is 5.08. The third kappa shape index (κ3) is 2.61. The molecule has 0 heterocycles. The van der Waals surface area contributed by atoms with Gasteiger partial charge in [0, 0.05) is 5.92 Å². The van der Waals surface area contributed by atoms with Crippen LogP contribution in [0.5, 0.6) is 0 Å². The maximum Gasteiger partial charge on any atom is 0.306 e. The quantitative estimate of drug-likeness (QED) is 0.710. The monoisotopic (exact) mass is 248 g/mol. The largest absolute Gasteiger partial charge is 0.481 e. The van der Waals surface area contributed by atoms with Gasteiger partial charge in [-0.05, 0) is 31.4 Å². The highest BCUT2D eigenvalue weighted by atomic mass is 16.4. The summed E-state index contributed by atoms with van der Waals surface area (Å²) in [6.45, 7) is 0. The summed E-state index contributed by atoms with van der Waals surface area (Å²) in [4.78, 5) is 22.8. The first kappa shape index (κ1) is 12.4. The third-order valence-electron chi connectivity index (χ3n) is 3.37. The van der Waals surface area contributed by atoms with E-state index in [1.165, 1.54) is 0 Å². The Kier molecular flexibility index (Phi) is 3.50. The van der Waals surface area contributed by atoms with Crippen LogP contribution in [0, 0.1) is 11.8 Å². The van der Waals surface area contributed by atoms with E-state index >= 15 is 0 Å². The number of aliphatic carboxylic acids is 1. The van der Waals surface area contributed by atoms with Crippen molar-refractivity contribution >= 4 is 23.3 Å². The maximum atomic E-state index is 12.0. The number of nitrogens with two attached hydrogens (primary N) is 1. The highest BCUT2D eigenvalue weighted by molar-refractivity contribution is 5.95. The number of carbonyl (C=O) groups is 2. The SMILES string of the molecule is Nc1ccccc1NC(=O)[C@@H]1CC[C@H](C(=O)O)C1. The summed E-state index contributed by atoms with van der Waals surface area (Å²) in [5.74, 6) is -1.58. The van der Waals surface area contributed by atoms with Crippen molar-refractivity contribution in [1.82, 2.24) is 0 Å². The first-order valence-corrected chi connectivity index (χ1v) is 5.96. The average molecular weight is 248 g/mol. The van der Waals surface area contributed by atoms with Crippen molar-refractivity contribution in [3.8, 4) is 0 Å². The lowest BCUT2D eigenvalue weighted by molar-refractivity contribution is -0.141. The Morgan fingerprint density at radius 2 is 1.89 bits per heavy atom. The van der Waals surface area contributed by atoms with E-state index in [0.717, 1.165) is 0 Å². The van der Waals surface area contributed by atoms with Gasteiger partial charge in [0.25, 0.3) is 0 Å². The van der Waals surface area contributed by atoms with Gasteiger partial charge in [0.2, 0.25) is 5.91 Å². The highest BCUT2D eigenvalue weighted by Crippen LogP contribution is 2.32. The topological polar surface area (TPSA) is 92.4 Å². The number of carboxylic acid groups (broad SMARTS) is 1. The lowest BCUT2D eigenvalue weighted by Gasteiger charge is -2.12. The van der Waals surface area contributed by atoms with E-state index in [1.54, 1.807) is 24.3 Å². The third-order valence-corrected chi connectivity index (χ3v) is 3.37. The van der Waals surface area contributed by atoms with E-state index in [2.05, 4.69) is 5.32 Å². The van der Waals surface area contributed by atoms with Crippen molar-refractivity contribution in [2.24, 2.45) is 11.8 Å². The van der Waals surface area contributed by atoms with Gasteiger partial charge in [0.05, 0.1) is 17.3 Å². The number of hydrogen-bond acceptors (Lipinski definition) is 3. The van der Waals surface area contributed by atoms with Gasteiger partial charge in [0.1, 0.15) is 0 Å². The van der Waals surface area contributed by atoms with Gasteiger partial charge < -0.3 is 16.2 Å². The van der Waals surface area contributed by atoms with E-state index in [9.17, 15) is 9.59 Å². The number of anilines is 2. The molecular formula is C13H16N2O3. The zero-order chi connectivity index (χ0) is 13.1. The molecule has 5 heteroatoms. The minimum absolute atomic E-state index is 0.142. The molecule has 5 nitrogen and oxygen atoms in total. The van der Waals surface area contributed by atoms with E-state index in [1.807, 2.05) is 0 Å². The predicted molar refractivity (Wildman–Crippen MR) is 68.0 cm³/mol. The molecule has 2 atom stereocenters. The van der Waals surface area contributed by atoms with Crippen LogP contribution in [-0.2, 0) is 9.59 Å². The Hall–Kier alpha value is -2.04. The van der Waals surface area contributed by atoms with Crippen molar-refractivity contribution in [3.05, 3.63) is 24.3 Å². The van der Waals surface area contributed by atoms with Crippen LogP contribution < -0.4 is 11.1 Å². The molecule has 1 aromatic rings. The zero-order valence-corrected chi connectivity index (χ0v) is 9.93. The Morgan fingerprint density at radius 3 is 2.50 bits per heavy atom. The standard InChI is InChI=1S/C13H16N2O3/c14-10-3-1-2-4-11(10)15-12(16)8-5-6-9(7-8)13(17)18/h1-4,8-9H,5-7,14H2,(H,15,16)(H,17,18)/t8-,9+/m1/s1. The Labute approximate surface area is 105 Å². The number of hydrogen-bond donors (Lipinski definition) is 3. The fourth-order valence-corrected chi connectivity index (χ4v) is 2.29. The summed E-state index contributed by atoms with van der Waals surface area (Å²) in [7, 11) is 0. The molecular weight excluding hydrogens is 232 g/mol. The number of amides is 1. The Balaban J connectivity index is 1.98. The first-order valence-electron chi connectivity index (χ1n) is 5.96. The van der Waals surface area contributed by atoms with E-state index in [0.29, 0.717) is 30.6 Å². The molecule has 0 saturated heterocycles. The van der Waals surface area contributed by atoms with Crippen molar-refractivity contribution in [1.29, 1.82) is 0 Å². The molecule has 0 aromatic heterocycles. The summed E-state index contributed by atoms with van der Waals surface area (Å²) >= 11 is 0. The summed E-state index contributed by atoms with van der Waals surface area (Å²) in [6.07, 6.45) is 1.60. The highest BCUT2D eigenvalue weighted by Gasteiger charge is 2.33. The van der Waals surface area contributed by atoms with Gasteiger partial charge in [0.15, 0.2) is 0 Å². The predicted octanol–water partition coefficient (Wildman–Crippen LogP) is 1.71. The minimum atomic E-state index is -0.815. The molecule has 96 valence electrons. The fourth-order valence-electron chi connectivity index (χ4n) is 2.29. The van der Waals surface area contributed by atoms with Crippen LogP contribution in [0.15, 0.2) is 24.3 Å². The van der Waals surface area contributed by atoms with Gasteiger partial charge >= 0.3 is 5.97 Å². The molecule has 0 aliphatic heterocycles. The van der Waals surface area contributed by atoms with Crippen LogP contribution in [0.3, 0.4) is 0 Å². The molecule has 1 saturated carbocycles. The molecule has 0 bridgehead atoms. The summed E-state index contributed by atoms with van der Waals surface area (Å²) in [6, 6.07) is 7.03. The second-order valence-electron chi connectivity index (χ2n) is 4.62. The van der Waals surface area contributed by atoms with Gasteiger partial charge in [-0.2, -0.15) is 0 Å². The van der Waals surface area contributed by atoms with Gasteiger partial charge in [-0.1, -0.05) is 12.1 Å². The molecule has 1 aromatic carbocycles. The molecule has 1 aliphatic rings. The van der Waals surface area contributed by atoms with E-state index in [4.69, 9.17) is 10.8 Å². The molecule has 0 spiro atoms. The van der Waals surface area contributed by atoms with Crippen molar-refractivity contribution < 1.29 is 14.7 Å². The Bertz CT molecular complexity index is 473. The fraction of sp³-hybridized carbons (Fsp3) is 0.385. The van der Waals surface area contributed by atoms with E-state index in [-0.39, 0.29) is 11.8 Å². The van der Waals surface area contributed by atoms with Gasteiger partial charge in [-0.3, -0.25) is 9.59 Å². The van der Waals surface area contributed by atoms with Crippen LogP contribution in [0.25, 0.3) is 0 Å². The molecule has 2 rings (SSSR count). The van der Waals surface area contributed by atoms with Crippen LogP contribution in [0.2, 0.25) is 0 Å². The molecule has 1 amide bonds. The normalized spacial score (nSPS) is 22.7. The number of nitrogens with one attached hydrogen (secondary N) is 1. The van der Waals surface area contributed by atoms with Gasteiger partial charge in [-0.25, -0.2) is 0 Å². The summed E-state index contributed by atoms with van der Waals surface area (Å²) < 4.78 is 0. The number of carboxylic acids is 1. The number of nitrogen functional groups attached to an aromatic ring is 1. The van der Waals surface area contributed by atoms with Crippen LogP contribution >= 0.6 is 0 Å². The Morgan fingerprint density at radius 1 is 1.22 bits per heavy atom. The van der Waals surface area contributed by atoms with Crippen LogP contribution in [0.1, 0.15) is 19.3 Å². The number of rotatable bonds is 3. The molecule has 18 heavy (non-hydrogen) atoms. The summed E-state index contributed by atoms with van der Waals surface area (Å²) in [5.41, 5.74) is 6.83. The molecule has 0 radical (unpaired) electrons. The van der Waals surface area contributed by atoms with Crippen molar-refractivity contribution in [3.63, 3.8) is 0 Å². The van der Waals surface area contributed by atoms with Crippen LogP contribution in [-0.4, -0.2) is 17.0 Å². The number of para-hydroxylation sites is 2. The average Bonchev–Trinajstić information content (AvgIpc) is 2.81. The lowest BCUT2D eigenvalue weighted by Crippen LogP contribution is -2.22. The zero-order valence-electron chi connectivity index (χ0n) is 9.93. The molecule has 4 N–H and O–H groups in total. The number of carbonyl (C=O) groups excluding carboxylic acids is 1.